The van der Waals surface area contributed by atoms with Crippen LogP contribution in [0.4, 0.5) is 0 Å². The van der Waals surface area contributed by atoms with Gasteiger partial charge in [0.2, 0.25) is 0 Å². The molecular weight excluding hydrogens is 401 g/mol. The predicted octanol–water partition coefficient (Wildman–Crippen LogP) is 5.79. The van der Waals surface area contributed by atoms with Crippen molar-refractivity contribution in [1.82, 2.24) is 5.32 Å². The van der Waals surface area contributed by atoms with Gasteiger partial charge in [-0.25, -0.2) is 0 Å². The standard InChI is InChI=1S/C16H16Br2ClN/c1-9-4-14(15(19)5-10(9)2)16(20-3)11-6-12(17)8-13(18)7-11/h4-8,16,20H,1-3H3. The van der Waals surface area contributed by atoms with Gasteiger partial charge in [-0.3, -0.25) is 0 Å². The van der Waals surface area contributed by atoms with Crippen molar-refractivity contribution in [1.29, 1.82) is 0 Å². The fourth-order valence-electron chi connectivity index (χ4n) is 2.27. The summed E-state index contributed by atoms with van der Waals surface area (Å²) in [5, 5.41) is 4.15. The lowest BCUT2D eigenvalue weighted by atomic mass is 9.95. The van der Waals surface area contributed by atoms with Crippen LogP contribution >= 0.6 is 43.5 Å². The summed E-state index contributed by atoms with van der Waals surface area (Å²) in [6.07, 6.45) is 0. The van der Waals surface area contributed by atoms with E-state index in [1.807, 2.05) is 19.2 Å². The van der Waals surface area contributed by atoms with Crippen LogP contribution in [0.15, 0.2) is 39.3 Å². The third-order valence-corrected chi connectivity index (χ3v) is 4.67. The van der Waals surface area contributed by atoms with Crippen molar-refractivity contribution in [3.8, 4) is 0 Å². The molecule has 0 bridgehead atoms. The van der Waals surface area contributed by atoms with Gasteiger partial charge >= 0.3 is 0 Å². The van der Waals surface area contributed by atoms with E-state index in [9.17, 15) is 0 Å². The van der Waals surface area contributed by atoms with Gasteiger partial charge in [-0.15, -0.1) is 0 Å². The summed E-state index contributed by atoms with van der Waals surface area (Å²) in [7, 11) is 1.95. The highest BCUT2D eigenvalue weighted by molar-refractivity contribution is 9.11. The molecule has 106 valence electrons. The summed E-state index contributed by atoms with van der Waals surface area (Å²) in [5.74, 6) is 0. The second-order valence-electron chi connectivity index (χ2n) is 4.88. The minimum absolute atomic E-state index is 0.0654. The predicted molar refractivity (Wildman–Crippen MR) is 93.7 cm³/mol. The largest absolute Gasteiger partial charge is 0.309 e. The first kappa shape index (κ1) is 16.0. The highest BCUT2D eigenvalue weighted by Gasteiger charge is 2.17. The van der Waals surface area contributed by atoms with Crippen LogP contribution in [0.5, 0.6) is 0 Å². The van der Waals surface area contributed by atoms with E-state index in [4.69, 9.17) is 11.6 Å². The zero-order valence-electron chi connectivity index (χ0n) is 11.6. The SMILES string of the molecule is CNC(c1cc(Br)cc(Br)c1)c1cc(C)c(C)cc1Cl. The number of nitrogens with one attached hydrogen (secondary N) is 1. The Balaban J connectivity index is 2.55. The van der Waals surface area contributed by atoms with E-state index in [-0.39, 0.29) is 6.04 Å². The summed E-state index contributed by atoms with van der Waals surface area (Å²) in [6.45, 7) is 4.19. The minimum atomic E-state index is 0.0654. The lowest BCUT2D eigenvalue weighted by Crippen LogP contribution is -2.18. The van der Waals surface area contributed by atoms with E-state index in [1.165, 1.54) is 16.7 Å². The Kier molecular flexibility index (Phi) is 5.30. The van der Waals surface area contributed by atoms with Gasteiger partial charge in [0.1, 0.15) is 0 Å². The van der Waals surface area contributed by atoms with Crippen molar-refractivity contribution < 1.29 is 0 Å². The monoisotopic (exact) mass is 415 g/mol. The van der Waals surface area contributed by atoms with Gasteiger partial charge in [0.15, 0.2) is 0 Å². The van der Waals surface area contributed by atoms with E-state index < -0.39 is 0 Å². The number of aryl methyl sites for hydroxylation is 2. The van der Waals surface area contributed by atoms with E-state index in [1.54, 1.807) is 0 Å². The van der Waals surface area contributed by atoms with Crippen molar-refractivity contribution >= 4 is 43.5 Å². The maximum absolute atomic E-state index is 6.44. The molecule has 4 heteroatoms. The molecule has 2 aromatic rings. The molecular formula is C16H16Br2ClN. The molecule has 0 aromatic heterocycles. The maximum Gasteiger partial charge on any atom is 0.0589 e. The van der Waals surface area contributed by atoms with Crippen molar-refractivity contribution in [3.05, 3.63) is 66.6 Å². The van der Waals surface area contributed by atoms with E-state index in [0.29, 0.717) is 0 Å². The number of hydrogen-bond donors (Lipinski definition) is 1. The topological polar surface area (TPSA) is 12.0 Å². The normalized spacial score (nSPS) is 12.5. The lowest BCUT2D eigenvalue weighted by molar-refractivity contribution is 0.690. The molecule has 0 amide bonds. The molecule has 2 rings (SSSR count). The number of benzene rings is 2. The van der Waals surface area contributed by atoms with Crippen LogP contribution in [0.1, 0.15) is 28.3 Å². The van der Waals surface area contributed by atoms with Crippen LogP contribution < -0.4 is 5.32 Å². The third kappa shape index (κ3) is 3.45. The highest BCUT2D eigenvalue weighted by Crippen LogP contribution is 2.33. The molecule has 0 radical (unpaired) electrons. The lowest BCUT2D eigenvalue weighted by Gasteiger charge is -2.20. The summed E-state index contributed by atoms with van der Waals surface area (Å²) in [6, 6.07) is 10.5. The molecule has 0 aliphatic carbocycles. The summed E-state index contributed by atoms with van der Waals surface area (Å²) in [5.41, 5.74) is 4.73. The molecule has 20 heavy (non-hydrogen) atoms. The fourth-order valence-corrected chi connectivity index (χ4v) is 3.92. The minimum Gasteiger partial charge on any atom is -0.309 e. The smallest absolute Gasteiger partial charge is 0.0589 e. The maximum atomic E-state index is 6.44. The average molecular weight is 418 g/mol. The molecule has 0 heterocycles. The van der Waals surface area contributed by atoms with E-state index in [0.717, 1.165) is 19.5 Å². The molecule has 1 unspecified atom stereocenters. The Bertz CT molecular complexity index is 620. The van der Waals surface area contributed by atoms with Crippen LogP contribution in [0.25, 0.3) is 0 Å². The zero-order chi connectivity index (χ0) is 14.9. The molecule has 0 aliphatic heterocycles. The van der Waals surface area contributed by atoms with Gasteiger partial charge in [-0.05, 0) is 67.4 Å². The first-order valence-electron chi connectivity index (χ1n) is 6.32. The summed E-state index contributed by atoms with van der Waals surface area (Å²) in [4.78, 5) is 0. The van der Waals surface area contributed by atoms with Crippen LogP contribution in [-0.2, 0) is 0 Å². The van der Waals surface area contributed by atoms with Gasteiger partial charge in [0.05, 0.1) is 6.04 Å². The molecule has 1 atom stereocenters. The van der Waals surface area contributed by atoms with Crippen LogP contribution in [0.3, 0.4) is 0 Å². The molecule has 0 aliphatic rings. The number of hydrogen-bond acceptors (Lipinski definition) is 1. The van der Waals surface area contributed by atoms with E-state index >= 15 is 0 Å². The quantitative estimate of drug-likeness (QED) is 0.666. The first-order valence-corrected chi connectivity index (χ1v) is 8.28. The molecule has 0 saturated carbocycles. The Morgan fingerprint density at radius 1 is 0.950 bits per heavy atom. The van der Waals surface area contributed by atoms with Crippen molar-refractivity contribution in [3.63, 3.8) is 0 Å². The van der Waals surface area contributed by atoms with Gasteiger partial charge in [0.25, 0.3) is 0 Å². The number of halogens is 3. The van der Waals surface area contributed by atoms with E-state index in [2.05, 4.69) is 69.2 Å². The second-order valence-corrected chi connectivity index (χ2v) is 7.12. The molecule has 2 aromatic carbocycles. The van der Waals surface area contributed by atoms with Crippen LogP contribution in [0.2, 0.25) is 5.02 Å². The van der Waals surface area contributed by atoms with Gasteiger partial charge in [-0.1, -0.05) is 49.5 Å². The van der Waals surface area contributed by atoms with Gasteiger partial charge < -0.3 is 5.32 Å². The molecule has 1 nitrogen and oxygen atoms in total. The average Bonchev–Trinajstić information content (AvgIpc) is 2.35. The van der Waals surface area contributed by atoms with Gasteiger partial charge in [0, 0.05) is 14.0 Å². The third-order valence-electron chi connectivity index (χ3n) is 3.43. The summed E-state index contributed by atoms with van der Waals surface area (Å²) < 4.78 is 2.09. The highest BCUT2D eigenvalue weighted by atomic mass is 79.9. The van der Waals surface area contributed by atoms with Gasteiger partial charge in [-0.2, -0.15) is 0 Å². The van der Waals surface area contributed by atoms with Crippen LogP contribution in [0, 0.1) is 13.8 Å². The Morgan fingerprint density at radius 2 is 1.50 bits per heavy atom. The first-order chi connectivity index (χ1) is 9.42. The molecule has 1 N–H and O–H groups in total. The molecule has 0 saturated heterocycles. The Morgan fingerprint density at radius 3 is 2.05 bits per heavy atom. The molecule has 0 spiro atoms. The second kappa shape index (κ2) is 6.61. The molecule has 0 fully saturated rings. The zero-order valence-corrected chi connectivity index (χ0v) is 15.5. The van der Waals surface area contributed by atoms with Crippen molar-refractivity contribution in [2.75, 3.05) is 7.05 Å². The van der Waals surface area contributed by atoms with Crippen LogP contribution in [-0.4, -0.2) is 7.05 Å². The summed E-state index contributed by atoms with van der Waals surface area (Å²) >= 11 is 13.5. The Hall–Kier alpha value is -0.350. The number of rotatable bonds is 3. The Labute approximate surface area is 142 Å². The van der Waals surface area contributed by atoms with Crippen molar-refractivity contribution in [2.24, 2.45) is 0 Å². The van der Waals surface area contributed by atoms with Crippen molar-refractivity contribution in [2.45, 2.75) is 19.9 Å². The fraction of sp³-hybridized carbons (Fsp3) is 0.250.